The van der Waals surface area contributed by atoms with Crippen LogP contribution in [-0.2, 0) is 0 Å². The average Bonchev–Trinajstić information content (AvgIpc) is 2.46. The van der Waals surface area contributed by atoms with Crippen molar-refractivity contribution in [1.29, 1.82) is 5.26 Å². The van der Waals surface area contributed by atoms with Gasteiger partial charge in [-0.05, 0) is 61.7 Å². The number of nitriles is 1. The summed E-state index contributed by atoms with van der Waals surface area (Å²) in [4.78, 5) is 4.02. The quantitative estimate of drug-likeness (QED) is 0.935. The molecular formula is C17H19N3O. The normalized spacial score (nSPS) is 13.3. The van der Waals surface area contributed by atoms with Gasteiger partial charge in [0.15, 0.2) is 0 Å². The Morgan fingerprint density at radius 3 is 2.24 bits per heavy atom. The first-order valence-electron chi connectivity index (χ1n) is 6.86. The molecule has 0 saturated carbocycles. The number of hydrogen-bond acceptors (Lipinski definition) is 4. The van der Waals surface area contributed by atoms with Crippen LogP contribution in [-0.4, -0.2) is 11.0 Å². The van der Waals surface area contributed by atoms with Gasteiger partial charge in [0.05, 0.1) is 11.6 Å². The number of aromatic nitrogens is 1. The summed E-state index contributed by atoms with van der Waals surface area (Å²) in [7, 11) is 0. The van der Waals surface area contributed by atoms with Crippen molar-refractivity contribution in [3.63, 3.8) is 0 Å². The van der Waals surface area contributed by atoms with Gasteiger partial charge in [0, 0.05) is 18.4 Å². The van der Waals surface area contributed by atoms with Gasteiger partial charge < -0.3 is 10.5 Å². The lowest BCUT2D eigenvalue weighted by molar-refractivity contribution is 0.178. The van der Waals surface area contributed by atoms with Crippen molar-refractivity contribution in [3.8, 4) is 11.8 Å². The fourth-order valence-corrected chi connectivity index (χ4v) is 2.36. The van der Waals surface area contributed by atoms with Crippen molar-refractivity contribution in [3.05, 3.63) is 58.9 Å². The van der Waals surface area contributed by atoms with Gasteiger partial charge in [0.1, 0.15) is 11.9 Å². The monoisotopic (exact) mass is 281 g/mol. The third-order valence-corrected chi connectivity index (χ3v) is 3.35. The largest absolute Gasteiger partial charge is 0.484 e. The van der Waals surface area contributed by atoms with E-state index in [1.165, 1.54) is 0 Å². The Morgan fingerprint density at radius 2 is 1.76 bits per heavy atom. The highest BCUT2D eigenvalue weighted by Gasteiger charge is 2.20. The van der Waals surface area contributed by atoms with Gasteiger partial charge in [-0.1, -0.05) is 0 Å². The number of pyridine rings is 1. The van der Waals surface area contributed by atoms with Gasteiger partial charge in [0.2, 0.25) is 0 Å². The van der Waals surface area contributed by atoms with Crippen LogP contribution in [0.3, 0.4) is 0 Å². The Kier molecular flexibility index (Phi) is 4.56. The van der Waals surface area contributed by atoms with Crippen molar-refractivity contribution in [2.24, 2.45) is 5.73 Å². The third-order valence-electron chi connectivity index (χ3n) is 3.35. The van der Waals surface area contributed by atoms with Crippen LogP contribution < -0.4 is 10.5 Å². The number of nitrogens with two attached hydrogens (primary N) is 1. The molecule has 1 heterocycles. The van der Waals surface area contributed by atoms with Crippen molar-refractivity contribution >= 4 is 0 Å². The first kappa shape index (κ1) is 15.0. The highest BCUT2D eigenvalue weighted by Crippen LogP contribution is 2.30. The van der Waals surface area contributed by atoms with Gasteiger partial charge in [-0.2, -0.15) is 5.26 Å². The summed E-state index contributed by atoms with van der Waals surface area (Å²) in [5, 5.41) is 9.01. The number of aryl methyl sites for hydroxylation is 2. The molecule has 4 nitrogen and oxygen atoms in total. The number of ether oxygens (including phenoxy) is 1. The van der Waals surface area contributed by atoms with Gasteiger partial charge >= 0.3 is 0 Å². The molecule has 0 radical (unpaired) electrons. The van der Waals surface area contributed by atoms with Crippen LogP contribution in [0.5, 0.6) is 5.75 Å². The third kappa shape index (κ3) is 3.39. The van der Waals surface area contributed by atoms with E-state index in [4.69, 9.17) is 15.7 Å². The predicted octanol–water partition coefficient (Wildman–Crippen LogP) is 3.04. The van der Waals surface area contributed by atoms with E-state index >= 15 is 0 Å². The van der Waals surface area contributed by atoms with Gasteiger partial charge in [0.25, 0.3) is 0 Å². The van der Waals surface area contributed by atoms with Crippen LogP contribution in [0.2, 0.25) is 0 Å². The molecule has 1 aromatic heterocycles. The van der Waals surface area contributed by atoms with E-state index in [0.29, 0.717) is 5.56 Å². The fraction of sp³-hybridized carbons (Fsp3) is 0.294. The molecule has 0 saturated heterocycles. The number of nitrogens with zero attached hydrogens (tertiary/aromatic N) is 2. The summed E-state index contributed by atoms with van der Waals surface area (Å²) in [6, 6.07) is 9.45. The molecule has 2 rings (SSSR count). The van der Waals surface area contributed by atoms with Crippen molar-refractivity contribution in [1.82, 2.24) is 4.98 Å². The summed E-state index contributed by atoms with van der Waals surface area (Å²) in [6.45, 7) is 5.79. The van der Waals surface area contributed by atoms with Crippen molar-refractivity contribution in [2.45, 2.75) is 32.9 Å². The number of rotatable bonds is 4. The smallest absolute Gasteiger partial charge is 0.139 e. The Bertz CT molecular complexity index is 636. The molecule has 0 bridgehead atoms. The van der Waals surface area contributed by atoms with E-state index in [1.807, 2.05) is 45.0 Å². The fourth-order valence-electron chi connectivity index (χ4n) is 2.36. The summed E-state index contributed by atoms with van der Waals surface area (Å²) in [6.07, 6.45) is 3.21. The second-order valence-electron chi connectivity index (χ2n) is 5.23. The molecule has 0 amide bonds. The predicted molar refractivity (Wildman–Crippen MR) is 81.9 cm³/mol. The molecule has 2 aromatic rings. The van der Waals surface area contributed by atoms with Crippen LogP contribution in [0.25, 0.3) is 0 Å². The molecule has 21 heavy (non-hydrogen) atoms. The van der Waals surface area contributed by atoms with Gasteiger partial charge in [-0.3, -0.25) is 4.98 Å². The van der Waals surface area contributed by atoms with Crippen LogP contribution in [0.4, 0.5) is 0 Å². The standard InChI is InChI=1S/C17H19N3O/c1-11-8-14(10-18)9-12(2)16(11)21-17(13(3)19)15-4-6-20-7-5-15/h4-9,13,17H,19H2,1-3H3. The van der Waals surface area contributed by atoms with E-state index in [1.54, 1.807) is 12.4 Å². The lowest BCUT2D eigenvalue weighted by Crippen LogP contribution is -2.29. The maximum atomic E-state index is 9.01. The Hall–Kier alpha value is -2.38. The molecule has 0 aliphatic carbocycles. The minimum atomic E-state index is -0.252. The van der Waals surface area contributed by atoms with Crippen molar-refractivity contribution in [2.75, 3.05) is 0 Å². The van der Waals surface area contributed by atoms with Crippen molar-refractivity contribution < 1.29 is 4.74 Å². The molecule has 0 spiro atoms. The number of hydrogen-bond donors (Lipinski definition) is 1. The van der Waals surface area contributed by atoms with E-state index in [0.717, 1.165) is 22.4 Å². The SMILES string of the molecule is Cc1cc(C#N)cc(C)c1OC(c1ccncc1)C(C)N. The minimum absolute atomic E-state index is 0.165. The molecule has 2 N–H and O–H groups in total. The first-order chi connectivity index (χ1) is 10.0. The molecule has 2 unspecified atom stereocenters. The maximum Gasteiger partial charge on any atom is 0.139 e. The summed E-state index contributed by atoms with van der Waals surface area (Å²) >= 11 is 0. The van der Waals surface area contributed by atoms with Gasteiger partial charge in [-0.25, -0.2) is 0 Å². The zero-order valence-corrected chi connectivity index (χ0v) is 12.5. The van der Waals surface area contributed by atoms with E-state index in [2.05, 4.69) is 11.1 Å². The minimum Gasteiger partial charge on any atom is -0.484 e. The Labute approximate surface area is 125 Å². The van der Waals surface area contributed by atoms with Crippen LogP contribution in [0, 0.1) is 25.2 Å². The van der Waals surface area contributed by atoms with E-state index in [-0.39, 0.29) is 12.1 Å². The maximum absolute atomic E-state index is 9.01. The van der Waals surface area contributed by atoms with Crippen LogP contribution in [0.15, 0.2) is 36.7 Å². The molecule has 1 aromatic carbocycles. The summed E-state index contributed by atoms with van der Waals surface area (Å²) in [5.41, 5.74) is 9.57. The molecule has 2 atom stereocenters. The van der Waals surface area contributed by atoms with Gasteiger partial charge in [-0.15, -0.1) is 0 Å². The molecule has 0 aliphatic heterocycles. The van der Waals surface area contributed by atoms with E-state index < -0.39 is 0 Å². The zero-order chi connectivity index (χ0) is 15.4. The summed E-state index contributed by atoms with van der Waals surface area (Å²) in [5.74, 6) is 0.785. The molecular weight excluding hydrogens is 262 g/mol. The molecule has 4 heteroatoms. The zero-order valence-electron chi connectivity index (χ0n) is 12.5. The second-order valence-corrected chi connectivity index (χ2v) is 5.23. The van der Waals surface area contributed by atoms with Crippen LogP contribution in [0.1, 0.15) is 35.3 Å². The number of benzene rings is 1. The molecule has 0 aliphatic rings. The molecule has 0 fully saturated rings. The van der Waals surface area contributed by atoms with E-state index in [9.17, 15) is 0 Å². The lowest BCUT2D eigenvalue weighted by atomic mass is 10.0. The first-order valence-corrected chi connectivity index (χ1v) is 6.86. The highest BCUT2D eigenvalue weighted by atomic mass is 16.5. The highest BCUT2D eigenvalue weighted by molar-refractivity contribution is 5.47. The van der Waals surface area contributed by atoms with Crippen LogP contribution >= 0.6 is 0 Å². The summed E-state index contributed by atoms with van der Waals surface area (Å²) < 4.78 is 6.16. The Balaban J connectivity index is 2.37. The Morgan fingerprint density at radius 1 is 1.19 bits per heavy atom. The molecule has 108 valence electrons. The topological polar surface area (TPSA) is 71.9 Å². The average molecular weight is 281 g/mol. The lowest BCUT2D eigenvalue weighted by Gasteiger charge is -2.25. The second kappa shape index (κ2) is 6.38.